The SMILES string of the molecule is CCO.F.NC(N)=O.c1cc[nH]c1. The molecule has 78 valence electrons. The molecule has 0 aliphatic rings. The fourth-order valence-electron chi connectivity index (χ4n) is 0.278. The number of aromatic amines is 1. The van der Waals surface area contributed by atoms with Gasteiger partial charge in [-0.15, -0.1) is 0 Å². The lowest BCUT2D eigenvalue weighted by Gasteiger charge is -1.62. The average molecular weight is 193 g/mol. The number of H-pyrrole nitrogens is 1. The van der Waals surface area contributed by atoms with Gasteiger partial charge in [0, 0.05) is 19.0 Å². The van der Waals surface area contributed by atoms with E-state index in [-0.39, 0.29) is 11.3 Å². The number of carbonyl (C=O) groups is 1. The summed E-state index contributed by atoms with van der Waals surface area (Å²) in [6.07, 6.45) is 3.75. The molecule has 0 spiro atoms. The van der Waals surface area contributed by atoms with Crippen molar-refractivity contribution in [1.29, 1.82) is 0 Å². The zero-order chi connectivity index (χ0) is 9.82. The minimum atomic E-state index is -0.833. The molecular weight excluding hydrogens is 177 g/mol. The summed E-state index contributed by atoms with van der Waals surface area (Å²) in [6, 6.07) is 3.06. The Morgan fingerprint density at radius 3 is 1.69 bits per heavy atom. The average Bonchev–Trinajstić information content (AvgIpc) is 2.40. The quantitative estimate of drug-likeness (QED) is 0.472. The number of aromatic nitrogens is 1. The van der Waals surface area contributed by atoms with Crippen LogP contribution in [0.5, 0.6) is 0 Å². The van der Waals surface area contributed by atoms with Crippen LogP contribution in [-0.2, 0) is 0 Å². The predicted molar refractivity (Wildman–Crippen MR) is 49.8 cm³/mol. The van der Waals surface area contributed by atoms with Gasteiger partial charge in [-0.05, 0) is 19.1 Å². The van der Waals surface area contributed by atoms with Crippen LogP contribution in [0.3, 0.4) is 0 Å². The lowest BCUT2D eigenvalue weighted by atomic mass is 10.7. The minimum Gasteiger partial charge on any atom is -0.397 e. The highest BCUT2D eigenvalue weighted by Crippen LogP contribution is 1.72. The molecule has 1 aromatic heterocycles. The molecule has 0 unspecified atom stereocenters. The van der Waals surface area contributed by atoms with Crippen LogP contribution in [0, 0.1) is 0 Å². The van der Waals surface area contributed by atoms with Gasteiger partial charge in [0.15, 0.2) is 0 Å². The molecule has 1 aromatic rings. The number of rotatable bonds is 0. The molecule has 0 bridgehead atoms. The maximum Gasteiger partial charge on any atom is 0.309 e. The second-order valence-electron chi connectivity index (χ2n) is 1.60. The van der Waals surface area contributed by atoms with E-state index in [9.17, 15) is 0 Å². The number of aliphatic hydroxyl groups is 1. The highest BCUT2D eigenvalue weighted by Gasteiger charge is 1.60. The van der Waals surface area contributed by atoms with Gasteiger partial charge < -0.3 is 21.6 Å². The number of aliphatic hydroxyl groups excluding tert-OH is 1. The van der Waals surface area contributed by atoms with Crippen molar-refractivity contribution in [1.82, 2.24) is 4.98 Å². The number of primary amides is 2. The number of urea groups is 1. The molecule has 0 aromatic carbocycles. The van der Waals surface area contributed by atoms with Crippen molar-refractivity contribution in [3.05, 3.63) is 24.5 Å². The van der Waals surface area contributed by atoms with Gasteiger partial charge in [0.05, 0.1) is 0 Å². The Kier molecular flexibility index (Phi) is 22.6. The standard InChI is InChI=1S/C4H5N.C2H6O.CH4N2O.FH/c1-2-4-5-3-1;1-2-3;2-1(3)4;/h1-5H;3H,2H2,1H3;(H4,2,3,4);1H. The molecule has 6 heteroatoms. The van der Waals surface area contributed by atoms with Crippen molar-refractivity contribution in [2.45, 2.75) is 6.92 Å². The number of hydrogen-bond donors (Lipinski definition) is 4. The Balaban J connectivity index is -0.000000116. The molecule has 1 heterocycles. The van der Waals surface area contributed by atoms with Gasteiger partial charge in [-0.2, -0.15) is 0 Å². The Labute approximate surface area is 76.1 Å². The molecule has 0 radical (unpaired) electrons. The number of nitrogens with one attached hydrogen (secondary N) is 1. The van der Waals surface area contributed by atoms with E-state index in [1.165, 1.54) is 0 Å². The molecule has 0 aliphatic carbocycles. The van der Waals surface area contributed by atoms with Gasteiger partial charge in [-0.25, -0.2) is 4.79 Å². The molecule has 0 saturated heterocycles. The summed E-state index contributed by atoms with van der Waals surface area (Å²) in [4.78, 5) is 11.9. The number of halogens is 1. The first-order valence-electron chi connectivity index (χ1n) is 3.38. The fourth-order valence-corrected chi connectivity index (χ4v) is 0.278. The van der Waals surface area contributed by atoms with E-state index in [1.54, 1.807) is 6.92 Å². The normalized spacial score (nSPS) is 6.31. The summed E-state index contributed by atoms with van der Waals surface area (Å²) in [5.74, 6) is 0. The van der Waals surface area contributed by atoms with Crippen LogP contribution in [0.2, 0.25) is 0 Å². The highest BCUT2D eigenvalue weighted by molar-refractivity contribution is 5.69. The number of nitrogens with two attached hydrogens (primary N) is 2. The monoisotopic (exact) mass is 193 g/mol. The van der Waals surface area contributed by atoms with Crippen molar-refractivity contribution in [2.24, 2.45) is 11.5 Å². The second-order valence-corrected chi connectivity index (χ2v) is 1.60. The van der Waals surface area contributed by atoms with Gasteiger partial charge in [0.2, 0.25) is 0 Å². The molecule has 0 atom stereocenters. The van der Waals surface area contributed by atoms with Crippen LogP contribution in [0.25, 0.3) is 0 Å². The molecular formula is C7H16FN3O2. The second kappa shape index (κ2) is 16.8. The third-order valence-corrected chi connectivity index (χ3v) is 0.496. The van der Waals surface area contributed by atoms with Gasteiger partial charge in [-0.1, -0.05) is 0 Å². The zero-order valence-electron chi connectivity index (χ0n) is 7.43. The largest absolute Gasteiger partial charge is 0.397 e. The molecule has 6 N–H and O–H groups in total. The van der Waals surface area contributed by atoms with Gasteiger partial charge in [0.25, 0.3) is 0 Å². The predicted octanol–water partition coefficient (Wildman–Crippen LogP) is 0.190. The van der Waals surface area contributed by atoms with Crippen molar-refractivity contribution in [3.63, 3.8) is 0 Å². The van der Waals surface area contributed by atoms with Crippen molar-refractivity contribution in [2.75, 3.05) is 6.61 Å². The summed E-state index contributed by atoms with van der Waals surface area (Å²) < 4.78 is 0. The Bertz CT molecular complexity index is 147. The van der Waals surface area contributed by atoms with Crippen molar-refractivity contribution < 1.29 is 14.6 Å². The molecule has 13 heavy (non-hydrogen) atoms. The van der Waals surface area contributed by atoms with Gasteiger partial charge in [0.1, 0.15) is 0 Å². The van der Waals surface area contributed by atoms with Crippen LogP contribution in [0.1, 0.15) is 6.92 Å². The van der Waals surface area contributed by atoms with Crippen LogP contribution in [0.15, 0.2) is 24.5 Å². The van der Waals surface area contributed by atoms with Crippen molar-refractivity contribution >= 4 is 6.03 Å². The summed E-state index contributed by atoms with van der Waals surface area (Å²) >= 11 is 0. The maximum absolute atomic E-state index is 9.00. The topological polar surface area (TPSA) is 105 Å². The maximum atomic E-state index is 9.00. The van der Waals surface area contributed by atoms with E-state index in [0.717, 1.165) is 0 Å². The fraction of sp³-hybridized carbons (Fsp3) is 0.286. The van der Waals surface area contributed by atoms with E-state index in [0.29, 0.717) is 0 Å². The third kappa shape index (κ3) is 62.8. The molecule has 0 saturated carbocycles. The van der Waals surface area contributed by atoms with Crippen LogP contribution >= 0.6 is 0 Å². The number of hydrogen-bond acceptors (Lipinski definition) is 2. The first-order chi connectivity index (χ1) is 5.65. The van der Waals surface area contributed by atoms with E-state index >= 15 is 0 Å². The first kappa shape index (κ1) is 17.5. The van der Waals surface area contributed by atoms with Crippen LogP contribution < -0.4 is 11.5 Å². The summed E-state index contributed by atoms with van der Waals surface area (Å²) in [7, 11) is 0. The summed E-state index contributed by atoms with van der Waals surface area (Å²) in [6.45, 7) is 1.93. The van der Waals surface area contributed by atoms with Crippen molar-refractivity contribution in [3.8, 4) is 0 Å². The van der Waals surface area contributed by atoms with Gasteiger partial charge in [-0.3, -0.25) is 4.70 Å². The van der Waals surface area contributed by atoms with Gasteiger partial charge >= 0.3 is 6.03 Å². The van der Waals surface area contributed by atoms with E-state index in [2.05, 4.69) is 16.5 Å². The molecule has 1 rings (SSSR count). The lowest BCUT2D eigenvalue weighted by molar-refractivity contribution is 0.256. The Hall–Kier alpha value is -1.56. The minimum absolute atomic E-state index is 0. The Morgan fingerprint density at radius 2 is 1.62 bits per heavy atom. The molecule has 0 fully saturated rings. The smallest absolute Gasteiger partial charge is 0.309 e. The van der Waals surface area contributed by atoms with E-state index < -0.39 is 6.03 Å². The summed E-state index contributed by atoms with van der Waals surface area (Å²) in [5, 5.41) is 7.57. The van der Waals surface area contributed by atoms with E-state index in [4.69, 9.17) is 9.90 Å². The number of amides is 2. The molecule has 0 aliphatic heterocycles. The Morgan fingerprint density at radius 1 is 1.38 bits per heavy atom. The zero-order valence-corrected chi connectivity index (χ0v) is 7.43. The number of carbonyl (C=O) groups excluding carboxylic acids is 1. The third-order valence-electron chi connectivity index (χ3n) is 0.496. The first-order valence-corrected chi connectivity index (χ1v) is 3.38. The summed E-state index contributed by atoms with van der Waals surface area (Å²) in [5.41, 5.74) is 8.50. The lowest BCUT2D eigenvalue weighted by Crippen LogP contribution is -2.18. The van der Waals surface area contributed by atoms with Crippen LogP contribution in [-0.4, -0.2) is 22.7 Å². The van der Waals surface area contributed by atoms with E-state index in [1.807, 2.05) is 24.5 Å². The molecule has 2 amide bonds. The van der Waals surface area contributed by atoms with Crippen LogP contribution in [0.4, 0.5) is 9.50 Å². The molecule has 5 nitrogen and oxygen atoms in total. The highest BCUT2D eigenvalue weighted by atomic mass is 19.0.